The average molecular weight is 548 g/mol. The van der Waals surface area contributed by atoms with Crippen LogP contribution in [0.1, 0.15) is 0 Å². The fourth-order valence-corrected chi connectivity index (χ4v) is 5.41. The van der Waals surface area contributed by atoms with Crippen LogP contribution in [0.2, 0.25) is 5.02 Å². The number of halogens is 2. The summed E-state index contributed by atoms with van der Waals surface area (Å²) in [6.07, 6.45) is 5.54. The maximum atomic E-state index is 15.7. The topological polar surface area (TPSA) is 147 Å². The lowest BCUT2D eigenvalue weighted by Gasteiger charge is -2.14. The summed E-state index contributed by atoms with van der Waals surface area (Å²) in [5.74, 6) is -1.05. The third-order valence-electron chi connectivity index (χ3n) is 5.15. The van der Waals surface area contributed by atoms with E-state index in [0.717, 1.165) is 6.07 Å². The SMILES string of the molecule is COc1ncc(Cl)cc1S(=O)(=O)Nc1cccc(-c2cc3cnc([S+](C)[O-])nc3n3cnnc23)c1F. The summed E-state index contributed by atoms with van der Waals surface area (Å²) in [7, 11) is -3.07. The molecule has 0 radical (unpaired) electrons. The molecule has 11 nitrogen and oxygen atoms in total. The molecule has 184 valence electrons. The number of fused-ring (bicyclic) bond motifs is 3. The van der Waals surface area contributed by atoms with E-state index in [0.29, 0.717) is 16.6 Å². The number of hydrogen-bond donors (Lipinski definition) is 1. The van der Waals surface area contributed by atoms with Crippen molar-refractivity contribution < 1.29 is 22.1 Å². The number of methoxy groups -OCH3 is 1. The number of ether oxygens (including phenoxy) is 1. The van der Waals surface area contributed by atoms with Crippen molar-refractivity contribution >= 4 is 55.2 Å². The monoisotopic (exact) mass is 547 g/mol. The van der Waals surface area contributed by atoms with E-state index in [4.69, 9.17) is 16.3 Å². The van der Waals surface area contributed by atoms with E-state index in [1.165, 1.54) is 54.7 Å². The number of benzene rings is 1. The maximum absolute atomic E-state index is 15.7. The van der Waals surface area contributed by atoms with Crippen molar-refractivity contribution in [1.82, 2.24) is 29.5 Å². The van der Waals surface area contributed by atoms with Crippen molar-refractivity contribution in [3.8, 4) is 17.0 Å². The maximum Gasteiger partial charge on any atom is 0.344 e. The lowest BCUT2D eigenvalue weighted by Crippen LogP contribution is -2.16. The van der Waals surface area contributed by atoms with E-state index in [-0.39, 0.29) is 37.9 Å². The van der Waals surface area contributed by atoms with Crippen molar-refractivity contribution in [2.75, 3.05) is 18.1 Å². The zero-order chi connectivity index (χ0) is 25.6. The number of nitrogens with zero attached hydrogens (tertiary/aromatic N) is 6. The van der Waals surface area contributed by atoms with Crippen LogP contribution in [0.5, 0.6) is 5.88 Å². The Bertz CT molecular complexity index is 1750. The van der Waals surface area contributed by atoms with E-state index < -0.39 is 27.0 Å². The number of pyridine rings is 2. The molecule has 0 saturated heterocycles. The van der Waals surface area contributed by atoms with E-state index in [1.807, 2.05) is 0 Å². The highest BCUT2D eigenvalue weighted by Crippen LogP contribution is 2.34. The molecule has 5 rings (SSSR count). The normalized spacial score (nSPS) is 12.7. The van der Waals surface area contributed by atoms with Gasteiger partial charge in [-0.05, 0) is 18.2 Å². The molecule has 0 fully saturated rings. The summed E-state index contributed by atoms with van der Waals surface area (Å²) in [6, 6.07) is 6.98. The highest BCUT2D eigenvalue weighted by Gasteiger charge is 2.25. The van der Waals surface area contributed by atoms with Crippen LogP contribution < -0.4 is 9.46 Å². The molecule has 4 aromatic heterocycles. The predicted octanol–water partition coefficient (Wildman–Crippen LogP) is 3.07. The second kappa shape index (κ2) is 9.13. The zero-order valence-corrected chi connectivity index (χ0v) is 20.9. The van der Waals surface area contributed by atoms with E-state index in [9.17, 15) is 13.0 Å². The van der Waals surface area contributed by atoms with Crippen LogP contribution in [0.15, 0.2) is 59.1 Å². The van der Waals surface area contributed by atoms with Crippen molar-refractivity contribution in [3.05, 3.63) is 59.9 Å². The molecule has 0 bridgehead atoms. The Labute approximate surface area is 211 Å². The zero-order valence-electron chi connectivity index (χ0n) is 18.5. The number of sulfonamides is 1. The Morgan fingerprint density at radius 2 is 1.97 bits per heavy atom. The molecule has 0 spiro atoms. The summed E-state index contributed by atoms with van der Waals surface area (Å²) in [5.41, 5.74) is 0.689. The van der Waals surface area contributed by atoms with E-state index >= 15 is 4.39 Å². The first-order valence-corrected chi connectivity index (χ1v) is 13.5. The van der Waals surface area contributed by atoms with Gasteiger partial charge in [0.15, 0.2) is 22.0 Å². The van der Waals surface area contributed by atoms with Crippen LogP contribution in [0.4, 0.5) is 10.1 Å². The minimum absolute atomic E-state index is 0.0504. The van der Waals surface area contributed by atoms with Gasteiger partial charge in [-0.25, -0.2) is 17.8 Å². The molecule has 0 saturated carbocycles. The molecule has 0 aliphatic rings. The van der Waals surface area contributed by atoms with Gasteiger partial charge in [0.05, 0.1) is 17.8 Å². The molecule has 0 aliphatic heterocycles. The average Bonchev–Trinajstić information content (AvgIpc) is 3.35. The first kappa shape index (κ1) is 24.1. The van der Waals surface area contributed by atoms with E-state index in [1.54, 1.807) is 6.07 Å². The van der Waals surface area contributed by atoms with Crippen LogP contribution in [0.3, 0.4) is 0 Å². The number of hydrogen-bond acceptors (Lipinski definition) is 9. The van der Waals surface area contributed by atoms with Gasteiger partial charge in [0.25, 0.3) is 10.0 Å². The number of aromatic nitrogens is 6. The molecular weight excluding hydrogens is 533 g/mol. The second-order valence-electron chi connectivity index (χ2n) is 7.40. The van der Waals surface area contributed by atoms with Crippen molar-refractivity contribution in [3.63, 3.8) is 0 Å². The molecule has 1 aromatic carbocycles. The molecular formula is C21H15ClFN7O4S2. The van der Waals surface area contributed by atoms with Gasteiger partial charge >= 0.3 is 5.16 Å². The minimum Gasteiger partial charge on any atom is -0.609 e. The van der Waals surface area contributed by atoms with Crippen molar-refractivity contribution in [2.45, 2.75) is 10.1 Å². The third kappa shape index (κ3) is 4.17. The van der Waals surface area contributed by atoms with Crippen molar-refractivity contribution in [1.29, 1.82) is 0 Å². The third-order valence-corrected chi connectivity index (χ3v) is 7.43. The van der Waals surface area contributed by atoms with Crippen LogP contribution in [0, 0.1) is 5.82 Å². The highest BCUT2D eigenvalue weighted by molar-refractivity contribution is 7.92. The van der Waals surface area contributed by atoms with Gasteiger partial charge in [0.2, 0.25) is 5.88 Å². The van der Waals surface area contributed by atoms with Gasteiger partial charge in [-0.15, -0.1) is 10.2 Å². The summed E-state index contributed by atoms with van der Waals surface area (Å²) in [6.45, 7) is 0. The Hall–Kier alpha value is -3.59. The Morgan fingerprint density at radius 1 is 1.17 bits per heavy atom. The number of rotatable bonds is 6. The first-order chi connectivity index (χ1) is 17.2. The van der Waals surface area contributed by atoms with Crippen LogP contribution in [-0.4, -0.2) is 55.9 Å². The van der Waals surface area contributed by atoms with Crippen molar-refractivity contribution in [2.24, 2.45) is 0 Å². The quantitative estimate of drug-likeness (QED) is 0.250. The predicted molar refractivity (Wildman–Crippen MR) is 130 cm³/mol. The smallest absolute Gasteiger partial charge is 0.344 e. The fraction of sp³-hybridized carbons (Fsp3) is 0.0952. The highest BCUT2D eigenvalue weighted by atomic mass is 35.5. The number of anilines is 1. The van der Waals surface area contributed by atoms with Gasteiger partial charge in [-0.1, -0.05) is 23.7 Å². The lowest BCUT2D eigenvalue weighted by molar-refractivity contribution is 0.385. The van der Waals surface area contributed by atoms with Gasteiger partial charge in [-0.2, -0.15) is 9.97 Å². The Morgan fingerprint density at radius 3 is 2.72 bits per heavy atom. The Kier molecular flexibility index (Phi) is 6.12. The summed E-state index contributed by atoms with van der Waals surface area (Å²) in [5, 5.41) is 8.67. The van der Waals surface area contributed by atoms with Gasteiger partial charge in [0.1, 0.15) is 12.6 Å². The molecule has 0 aliphatic carbocycles. The molecule has 1 atom stereocenters. The molecule has 1 unspecified atom stereocenters. The summed E-state index contributed by atoms with van der Waals surface area (Å²) in [4.78, 5) is 11.9. The lowest BCUT2D eigenvalue weighted by atomic mass is 10.0. The van der Waals surface area contributed by atoms with Crippen LogP contribution in [-0.2, 0) is 21.2 Å². The van der Waals surface area contributed by atoms with Crippen LogP contribution in [0.25, 0.3) is 27.8 Å². The summed E-state index contributed by atoms with van der Waals surface area (Å²) < 4.78 is 62.4. The minimum atomic E-state index is -4.32. The van der Waals surface area contributed by atoms with Gasteiger partial charge in [-0.3, -0.25) is 9.12 Å². The second-order valence-corrected chi connectivity index (χ2v) is 10.8. The standard InChI is InChI=1S/C21H15ClFN7O4S2/c1-34-20-16(7-12(22)9-24-20)36(32,33)29-15-5-3-4-13(17(15)23)14-6-11-8-25-21(35(2)31)27-18(11)30-10-26-28-19(14)30/h3-10,29H,1-2H3. The van der Waals surface area contributed by atoms with Gasteiger partial charge < -0.3 is 9.29 Å². The summed E-state index contributed by atoms with van der Waals surface area (Å²) >= 11 is 4.50. The molecule has 1 N–H and O–H groups in total. The largest absolute Gasteiger partial charge is 0.609 e. The molecule has 4 heterocycles. The number of nitrogens with one attached hydrogen (secondary N) is 1. The van der Waals surface area contributed by atoms with Gasteiger partial charge in [0, 0.05) is 40.1 Å². The first-order valence-electron chi connectivity index (χ1n) is 10.0. The molecule has 15 heteroatoms. The van der Waals surface area contributed by atoms with E-state index in [2.05, 4.69) is 29.9 Å². The molecule has 0 amide bonds. The van der Waals surface area contributed by atoms with Crippen LogP contribution >= 0.6 is 11.6 Å². The Balaban J connectivity index is 1.63. The molecule has 36 heavy (non-hydrogen) atoms. The molecule has 5 aromatic rings. The fourth-order valence-electron chi connectivity index (χ4n) is 3.56.